The van der Waals surface area contributed by atoms with E-state index in [1.807, 2.05) is 85.5 Å². The van der Waals surface area contributed by atoms with Crippen molar-refractivity contribution < 1.29 is 9.15 Å². The minimum absolute atomic E-state index is 0.124. The molecular weight excluding hydrogens is 823 g/mol. The summed E-state index contributed by atoms with van der Waals surface area (Å²) in [6.45, 7) is 6.76. The highest BCUT2D eigenvalue weighted by atomic mass is 15.2. The van der Waals surface area contributed by atoms with Crippen LogP contribution in [0.4, 0.5) is 0 Å². The summed E-state index contributed by atoms with van der Waals surface area (Å²) >= 11 is 0. The molecule has 0 atom stereocenters. The van der Waals surface area contributed by atoms with Crippen LogP contribution in [0.25, 0.3) is 34.2 Å². The highest BCUT2D eigenvalue weighted by Gasteiger charge is 2.59. The topological polar surface area (TPSA) is 96.2 Å². The van der Waals surface area contributed by atoms with Crippen LogP contribution in [0.15, 0.2) is 189 Å². The van der Waals surface area contributed by atoms with E-state index in [9.17, 15) is 0 Å². The minimum Gasteiger partial charge on any atom is -0.260 e. The first-order valence-corrected chi connectivity index (χ1v) is 22.7. The molecule has 9 heteroatoms. The van der Waals surface area contributed by atoms with Crippen molar-refractivity contribution >= 4 is 6.01 Å². The largest absolute Gasteiger partial charge is 0.490 e. The number of benzene rings is 2. The third-order valence-corrected chi connectivity index (χ3v) is 14.4. The van der Waals surface area contributed by atoms with Crippen LogP contribution in [0.2, 0.25) is 0 Å². The Kier molecular flexibility index (Phi) is 8.18. The standard InChI is InChI=1S/C58H43N9/c1-55(2,3)37-23-30-59-48(35-37)57(44-19-9-26-62-51(44)52-45(57)20-10-27-63-52)40-15-5-13-38(33-40)56(42-17-7-24-60-49(42)50-43(56)18-8-25-61-50)39-14-6-16-41(34-39)58(67-32-31-66(4)36-67)46-21-11-28-64-53(46)54-47(58)22-12-29-65-54/h5-35H,1-4H3/q+2. The molecule has 1 aliphatic heterocycles. The maximum absolute atomic E-state index is 5.29. The van der Waals surface area contributed by atoms with E-state index in [1.54, 1.807) is 0 Å². The average molecular weight is 866 g/mol. The highest BCUT2D eigenvalue weighted by molar-refractivity contribution is 5.85. The molecule has 0 N–H and O–H groups in total. The molecule has 0 bridgehead atoms. The lowest BCUT2D eigenvalue weighted by atomic mass is 9.64. The third-order valence-electron chi connectivity index (χ3n) is 14.4. The number of aromatic nitrogens is 7. The highest BCUT2D eigenvalue weighted by Crippen LogP contribution is 2.59. The van der Waals surface area contributed by atoms with Crippen molar-refractivity contribution in [2.24, 2.45) is 0 Å². The van der Waals surface area contributed by atoms with Crippen LogP contribution in [0.1, 0.15) is 87.7 Å². The van der Waals surface area contributed by atoms with Gasteiger partial charge in [-0.2, -0.15) is 0 Å². The zero-order chi connectivity index (χ0) is 45.1. The van der Waals surface area contributed by atoms with E-state index in [0.717, 1.165) is 95.5 Å². The van der Waals surface area contributed by atoms with Crippen molar-refractivity contribution in [1.29, 1.82) is 0 Å². The van der Waals surface area contributed by atoms with Crippen molar-refractivity contribution in [3.05, 3.63) is 256 Å². The Labute approximate surface area is 388 Å². The number of nitrogens with zero attached hydrogens (tertiary/aromatic N) is 9. The first kappa shape index (κ1) is 39.0. The van der Waals surface area contributed by atoms with E-state index in [-0.39, 0.29) is 5.41 Å². The summed E-state index contributed by atoms with van der Waals surface area (Å²) in [5.41, 5.74) is 15.1. The Morgan fingerprint density at radius 1 is 0.403 bits per heavy atom. The monoisotopic (exact) mass is 865 g/mol. The fourth-order valence-electron chi connectivity index (χ4n) is 11.7. The van der Waals surface area contributed by atoms with Crippen LogP contribution in [-0.4, -0.2) is 57.1 Å². The fourth-order valence-corrected chi connectivity index (χ4v) is 11.7. The van der Waals surface area contributed by atoms with Gasteiger partial charge in [-0.25, -0.2) is 0 Å². The first-order chi connectivity index (χ1) is 32.8. The predicted molar refractivity (Wildman–Crippen MR) is 257 cm³/mol. The van der Waals surface area contributed by atoms with Gasteiger partial charge in [-0.1, -0.05) is 96.7 Å². The SMILES string of the molecule is C[N+]1=C=[N+](C2(c3cccc(C4(c5cccc(C6(c7cc(C(C)(C)C)ccn7)c7cccnc7-c7ncccc76)c5)c5cccnc5-c5ncccc54)c3)c3cccnc3-c3ncccc32)C=C1. The van der Waals surface area contributed by atoms with E-state index in [4.69, 9.17) is 34.9 Å². The molecular formula is C58H43N9+2. The normalized spacial score (nSPS) is 16.0. The molecule has 318 valence electrons. The van der Waals surface area contributed by atoms with Gasteiger partial charge in [0.15, 0.2) is 7.05 Å². The van der Waals surface area contributed by atoms with Gasteiger partial charge in [-0.05, 0) is 106 Å². The maximum Gasteiger partial charge on any atom is 0.490 e. The van der Waals surface area contributed by atoms with Gasteiger partial charge >= 0.3 is 6.01 Å². The number of hydrogen-bond acceptors (Lipinski definition) is 7. The van der Waals surface area contributed by atoms with E-state index >= 15 is 0 Å². The zero-order valence-electron chi connectivity index (χ0n) is 37.4. The third kappa shape index (κ3) is 5.12. The van der Waals surface area contributed by atoms with E-state index in [0.29, 0.717) is 0 Å². The van der Waals surface area contributed by atoms with Gasteiger partial charge in [-0.15, -0.1) is 0 Å². The summed E-state index contributed by atoms with van der Waals surface area (Å²) in [7, 11) is 2.01. The van der Waals surface area contributed by atoms with Crippen LogP contribution in [0.3, 0.4) is 0 Å². The Bertz CT molecular complexity index is 3530. The molecule has 4 aliphatic rings. The molecule has 67 heavy (non-hydrogen) atoms. The van der Waals surface area contributed by atoms with Crippen molar-refractivity contribution in [1.82, 2.24) is 34.9 Å². The molecule has 0 spiro atoms. The molecule has 9 nitrogen and oxygen atoms in total. The summed E-state index contributed by atoms with van der Waals surface area (Å²) in [6, 6.07) is 51.7. The van der Waals surface area contributed by atoms with Crippen LogP contribution in [0.5, 0.6) is 0 Å². The molecule has 0 radical (unpaired) electrons. The molecule has 13 rings (SSSR count). The quantitative estimate of drug-likeness (QED) is 0.154. The molecule has 2 aromatic carbocycles. The Morgan fingerprint density at radius 2 is 0.806 bits per heavy atom. The summed E-state index contributed by atoms with van der Waals surface area (Å²) in [6.07, 6.45) is 17.3. The molecule has 0 saturated heterocycles. The molecule has 7 aromatic heterocycles. The second kappa shape index (κ2) is 14.1. The average Bonchev–Trinajstić information content (AvgIpc) is 4.11. The zero-order valence-corrected chi connectivity index (χ0v) is 37.4. The second-order valence-corrected chi connectivity index (χ2v) is 18.8. The predicted octanol–water partition coefficient (Wildman–Crippen LogP) is 10.1. The lowest BCUT2D eigenvalue weighted by molar-refractivity contribution is -0.533. The first-order valence-electron chi connectivity index (χ1n) is 22.7. The van der Waals surface area contributed by atoms with Gasteiger partial charge in [0.2, 0.25) is 12.4 Å². The molecule has 0 unspecified atom stereocenters. The Morgan fingerprint density at radius 3 is 1.25 bits per heavy atom. The maximum atomic E-state index is 5.29. The molecule has 9 aromatic rings. The van der Waals surface area contributed by atoms with Gasteiger partial charge < -0.3 is 0 Å². The van der Waals surface area contributed by atoms with Crippen LogP contribution in [0, 0.1) is 0 Å². The van der Waals surface area contributed by atoms with Gasteiger partial charge in [0, 0.05) is 60.1 Å². The van der Waals surface area contributed by atoms with Gasteiger partial charge in [0.25, 0.3) is 5.54 Å². The summed E-state index contributed by atoms with van der Waals surface area (Å²) in [5.74, 6) is 0. The van der Waals surface area contributed by atoms with E-state index < -0.39 is 16.4 Å². The lowest BCUT2D eigenvalue weighted by Crippen LogP contribution is -2.38. The van der Waals surface area contributed by atoms with Gasteiger partial charge in [0.1, 0.15) is 11.4 Å². The summed E-state index contributed by atoms with van der Waals surface area (Å²) in [5, 5.41) is 0. The molecule has 3 aliphatic carbocycles. The summed E-state index contributed by atoms with van der Waals surface area (Å²) in [4.78, 5) is 35.5. The number of pyridine rings is 7. The minimum atomic E-state index is -0.879. The molecule has 8 heterocycles. The lowest BCUT2D eigenvalue weighted by Gasteiger charge is -2.37. The van der Waals surface area contributed by atoms with Gasteiger partial charge in [0.05, 0.1) is 50.4 Å². The Balaban J connectivity index is 1.13. The second-order valence-electron chi connectivity index (χ2n) is 18.8. The molecule has 0 saturated carbocycles. The smallest absolute Gasteiger partial charge is 0.260 e. The van der Waals surface area contributed by atoms with Crippen molar-refractivity contribution in [3.8, 4) is 34.2 Å². The van der Waals surface area contributed by atoms with E-state index in [2.05, 4.69) is 147 Å². The molecule has 0 amide bonds. The molecule has 0 fully saturated rings. The summed E-state index contributed by atoms with van der Waals surface area (Å²) < 4.78 is 4.16. The van der Waals surface area contributed by atoms with E-state index in [1.165, 1.54) is 5.56 Å². The fraction of sp³-hybridized carbons (Fsp3) is 0.138. The van der Waals surface area contributed by atoms with Crippen molar-refractivity contribution in [2.75, 3.05) is 7.05 Å². The Hall–Kier alpha value is -8.39. The van der Waals surface area contributed by atoms with Crippen LogP contribution >= 0.6 is 0 Å². The van der Waals surface area contributed by atoms with Crippen LogP contribution < -0.4 is 0 Å². The van der Waals surface area contributed by atoms with Crippen molar-refractivity contribution in [2.45, 2.75) is 42.6 Å². The number of fused-ring (bicyclic) bond motifs is 9. The van der Waals surface area contributed by atoms with Gasteiger partial charge in [-0.3, -0.25) is 34.9 Å². The number of rotatable bonds is 6. The van der Waals surface area contributed by atoms with Crippen LogP contribution in [-0.2, 0) is 21.8 Å². The number of hydrogen-bond donors (Lipinski definition) is 0. The van der Waals surface area contributed by atoms with Crippen molar-refractivity contribution in [3.63, 3.8) is 0 Å².